The molecule has 2 heterocycles. The summed E-state index contributed by atoms with van der Waals surface area (Å²) >= 11 is 0. The third-order valence-electron chi connectivity index (χ3n) is 4.36. The van der Waals surface area contributed by atoms with E-state index in [0.29, 0.717) is 30.0 Å². The summed E-state index contributed by atoms with van der Waals surface area (Å²) in [6.07, 6.45) is 2.33. The highest BCUT2D eigenvalue weighted by Crippen LogP contribution is 2.22. The molecule has 23 heavy (non-hydrogen) atoms. The van der Waals surface area contributed by atoms with Gasteiger partial charge in [0.2, 0.25) is 0 Å². The van der Waals surface area contributed by atoms with Gasteiger partial charge in [0, 0.05) is 31.5 Å². The van der Waals surface area contributed by atoms with Gasteiger partial charge in [0.15, 0.2) is 5.78 Å². The second-order valence-electron chi connectivity index (χ2n) is 5.90. The first-order valence-electron chi connectivity index (χ1n) is 8.15. The fourth-order valence-corrected chi connectivity index (χ4v) is 3.12. The summed E-state index contributed by atoms with van der Waals surface area (Å²) in [6.45, 7) is 7.46. The number of rotatable bonds is 7. The lowest BCUT2D eigenvalue weighted by molar-refractivity contribution is 0.0514. The zero-order valence-electron chi connectivity index (χ0n) is 14.4. The number of ether oxygens (including phenoxy) is 2. The first-order chi connectivity index (χ1) is 11.0. The van der Waals surface area contributed by atoms with E-state index in [9.17, 15) is 9.59 Å². The molecule has 1 saturated heterocycles. The van der Waals surface area contributed by atoms with Crippen molar-refractivity contribution in [3.8, 4) is 0 Å². The molecule has 1 fully saturated rings. The first kappa shape index (κ1) is 17.7. The van der Waals surface area contributed by atoms with Crippen LogP contribution in [0, 0.1) is 13.8 Å². The smallest absolute Gasteiger partial charge is 0.355 e. The minimum Gasteiger partial charge on any atom is -0.461 e. The standard InChI is InChI=1S/C17H26N2O4/c1-5-22-17(21)16-11(2)15(12(3)19(16)4)14(20)10-18-9-13-7-6-8-23-13/h13,18H,5-10H2,1-4H3. The van der Waals surface area contributed by atoms with E-state index in [2.05, 4.69) is 5.32 Å². The Labute approximate surface area is 137 Å². The van der Waals surface area contributed by atoms with Crippen molar-refractivity contribution in [1.29, 1.82) is 0 Å². The number of hydrogen-bond acceptors (Lipinski definition) is 5. The minimum atomic E-state index is -0.387. The van der Waals surface area contributed by atoms with E-state index in [1.807, 2.05) is 6.92 Å². The predicted molar refractivity (Wildman–Crippen MR) is 87.0 cm³/mol. The fourth-order valence-electron chi connectivity index (χ4n) is 3.12. The van der Waals surface area contributed by atoms with Crippen LogP contribution in [-0.2, 0) is 16.5 Å². The fraction of sp³-hybridized carbons (Fsp3) is 0.647. The van der Waals surface area contributed by atoms with E-state index < -0.39 is 0 Å². The summed E-state index contributed by atoms with van der Waals surface area (Å²) in [5.41, 5.74) is 2.53. The average molecular weight is 322 g/mol. The molecule has 0 bridgehead atoms. The number of ketones is 1. The maximum absolute atomic E-state index is 12.5. The van der Waals surface area contributed by atoms with Gasteiger partial charge >= 0.3 is 5.97 Å². The molecule has 1 aliphatic rings. The highest BCUT2D eigenvalue weighted by atomic mass is 16.5. The zero-order chi connectivity index (χ0) is 17.0. The third-order valence-corrected chi connectivity index (χ3v) is 4.36. The Morgan fingerprint density at radius 1 is 1.39 bits per heavy atom. The van der Waals surface area contributed by atoms with Gasteiger partial charge < -0.3 is 19.4 Å². The Morgan fingerprint density at radius 2 is 2.13 bits per heavy atom. The largest absolute Gasteiger partial charge is 0.461 e. The number of carbonyl (C=O) groups excluding carboxylic acids is 2. The minimum absolute atomic E-state index is 0.0101. The number of aromatic nitrogens is 1. The molecule has 0 radical (unpaired) electrons. The third kappa shape index (κ3) is 3.82. The molecule has 1 atom stereocenters. The molecule has 1 aromatic rings. The SMILES string of the molecule is CCOC(=O)c1c(C)c(C(=O)CNCC2CCCO2)c(C)n1C. The molecule has 6 heteroatoms. The Bertz CT molecular complexity index is 586. The Balaban J connectivity index is 2.07. The molecule has 0 saturated carbocycles. The van der Waals surface area contributed by atoms with Gasteiger partial charge in [-0.3, -0.25) is 4.79 Å². The van der Waals surface area contributed by atoms with E-state index in [-0.39, 0.29) is 24.4 Å². The van der Waals surface area contributed by atoms with Crippen molar-refractivity contribution in [1.82, 2.24) is 9.88 Å². The second kappa shape index (κ2) is 7.75. The van der Waals surface area contributed by atoms with Crippen LogP contribution in [0.1, 0.15) is 51.9 Å². The van der Waals surface area contributed by atoms with Crippen molar-refractivity contribution in [2.45, 2.75) is 39.7 Å². The highest BCUT2D eigenvalue weighted by Gasteiger charge is 2.25. The van der Waals surface area contributed by atoms with Crippen molar-refractivity contribution in [3.05, 3.63) is 22.5 Å². The van der Waals surface area contributed by atoms with Gasteiger partial charge in [0.05, 0.1) is 19.3 Å². The average Bonchev–Trinajstić information content (AvgIpc) is 3.07. The summed E-state index contributed by atoms with van der Waals surface area (Å²) in [6, 6.07) is 0. The highest BCUT2D eigenvalue weighted by molar-refractivity contribution is 6.03. The Kier molecular flexibility index (Phi) is 5.96. The van der Waals surface area contributed by atoms with Gasteiger partial charge in [-0.25, -0.2) is 4.79 Å². The lowest BCUT2D eigenvalue weighted by Crippen LogP contribution is -2.31. The van der Waals surface area contributed by atoms with Gasteiger partial charge in [-0.1, -0.05) is 0 Å². The normalized spacial score (nSPS) is 17.5. The number of nitrogens with one attached hydrogen (secondary N) is 1. The lowest BCUT2D eigenvalue weighted by atomic mass is 10.1. The van der Waals surface area contributed by atoms with E-state index in [4.69, 9.17) is 9.47 Å². The Morgan fingerprint density at radius 3 is 2.74 bits per heavy atom. The van der Waals surface area contributed by atoms with E-state index >= 15 is 0 Å². The van der Waals surface area contributed by atoms with Gasteiger partial charge in [0.25, 0.3) is 0 Å². The van der Waals surface area contributed by atoms with Crippen LogP contribution < -0.4 is 5.32 Å². The summed E-state index contributed by atoms with van der Waals surface area (Å²) in [5, 5.41) is 3.16. The van der Waals surface area contributed by atoms with E-state index in [1.54, 1.807) is 25.5 Å². The second-order valence-corrected chi connectivity index (χ2v) is 5.90. The molecule has 1 unspecified atom stereocenters. The maximum atomic E-state index is 12.5. The van der Waals surface area contributed by atoms with Crippen LogP contribution in [0.25, 0.3) is 0 Å². The molecule has 2 rings (SSSR count). The topological polar surface area (TPSA) is 69.6 Å². The quantitative estimate of drug-likeness (QED) is 0.612. The van der Waals surface area contributed by atoms with Crippen molar-refractivity contribution in [3.63, 3.8) is 0 Å². The molecule has 0 amide bonds. The van der Waals surface area contributed by atoms with E-state index in [1.165, 1.54) is 0 Å². The van der Waals surface area contributed by atoms with Crippen LogP contribution in [0.2, 0.25) is 0 Å². The van der Waals surface area contributed by atoms with Crippen LogP contribution in [0.4, 0.5) is 0 Å². The van der Waals surface area contributed by atoms with Crippen molar-refractivity contribution in [2.24, 2.45) is 7.05 Å². The molecule has 1 aliphatic heterocycles. The van der Waals surface area contributed by atoms with Crippen LogP contribution in [-0.4, -0.2) is 48.7 Å². The van der Waals surface area contributed by atoms with Crippen molar-refractivity contribution < 1.29 is 19.1 Å². The van der Waals surface area contributed by atoms with Crippen LogP contribution >= 0.6 is 0 Å². The summed E-state index contributed by atoms with van der Waals surface area (Å²) < 4.78 is 12.4. The van der Waals surface area contributed by atoms with Crippen LogP contribution in [0.5, 0.6) is 0 Å². The van der Waals surface area contributed by atoms with Crippen LogP contribution in [0.3, 0.4) is 0 Å². The van der Waals surface area contributed by atoms with Crippen molar-refractivity contribution in [2.75, 3.05) is 26.3 Å². The summed E-state index contributed by atoms with van der Waals surface area (Å²) in [5.74, 6) is -0.397. The van der Waals surface area contributed by atoms with Crippen LogP contribution in [0.15, 0.2) is 0 Å². The molecular weight excluding hydrogens is 296 g/mol. The van der Waals surface area contributed by atoms with Gasteiger partial charge in [0.1, 0.15) is 5.69 Å². The summed E-state index contributed by atoms with van der Waals surface area (Å²) in [7, 11) is 1.78. The zero-order valence-corrected chi connectivity index (χ0v) is 14.4. The molecular formula is C17H26N2O4. The molecule has 128 valence electrons. The molecule has 1 aromatic heterocycles. The first-order valence-corrected chi connectivity index (χ1v) is 8.15. The monoisotopic (exact) mass is 322 g/mol. The number of carbonyl (C=O) groups is 2. The molecule has 1 N–H and O–H groups in total. The number of Topliss-reactive ketones (excluding diaryl/α,β-unsaturated/α-hetero) is 1. The van der Waals surface area contributed by atoms with Gasteiger partial charge in [-0.05, 0) is 39.2 Å². The van der Waals surface area contributed by atoms with Gasteiger partial charge in [-0.15, -0.1) is 0 Å². The predicted octanol–water partition coefficient (Wildman–Crippen LogP) is 1.77. The number of esters is 1. The Hall–Kier alpha value is -1.66. The molecule has 0 spiro atoms. The lowest BCUT2D eigenvalue weighted by Gasteiger charge is -2.10. The molecule has 0 aromatic carbocycles. The summed E-state index contributed by atoms with van der Waals surface area (Å²) in [4.78, 5) is 24.6. The van der Waals surface area contributed by atoms with Gasteiger partial charge in [-0.2, -0.15) is 0 Å². The molecule has 0 aliphatic carbocycles. The maximum Gasteiger partial charge on any atom is 0.355 e. The number of hydrogen-bond donors (Lipinski definition) is 1. The molecule has 6 nitrogen and oxygen atoms in total. The number of nitrogens with zero attached hydrogens (tertiary/aromatic N) is 1. The van der Waals surface area contributed by atoms with Crippen molar-refractivity contribution >= 4 is 11.8 Å². The van der Waals surface area contributed by atoms with E-state index in [0.717, 1.165) is 25.1 Å².